The lowest BCUT2D eigenvalue weighted by atomic mass is 10.2. The molecule has 0 spiro atoms. The van der Waals surface area contributed by atoms with E-state index in [-0.39, 0.29) is 0 Å². The standard InChI is InChI=1S/C14H17F3N2O3S3/c1-18(2)11-7-5-9(23-11)13(22-25(20,21)14(15,16)17)10-6-8-12(24-10)19(3)4/h5-8,13H,1-4H3. The fraction of sp³-hybridized carbons (Fsp3) is 0.429. The van der Waals surface area contributed by atoms with Crippen LogP contribution in [0, 0.1) is 0 Å². The van der Waals surface area contributed by atoms with Crippen molar-refractivity contribution in [2.75, 3.05) is 38.0 Å². The molecule has 0 aliphatic heterocycles. The number of alkyl halides is 3. The van der Waals surface area contributed by atoms with Gasteiger partial charge in [-0.05, 0) is 24.3 Å². The summed E-state index contributed by atoms with van der Waals surface area (Å²) < 4.78 is 66.0. The molecule has 5 nitrogen and oxygen atoms in total. The predicted molar refractivity (Wildman–Crippen MR) is 95.2 cm³/mol. The number of halogens is 3. The molecular weight excluding hydrogens is 397 g/mol. The van der Waals surface area contributed by atoms with Crippen molar-refractivity contribution in [1.29, 1.82) is 0 Å². The van der Waals surface area contributed by atoms with Crippen molar-refractivity contribution in [2.45, 2.75) is 11.6 Å². The van der Waals surface area contributed by atoms with E-state index in [4.69, 9.17) is 0 Å². The van der Waals surface area contributed by atoms with Crippen LogP contribution in [0.4, 0.5) is 23.2 Å². The summed E-state index contributed by atoms with van der Waals surface area (Å²) in [4.78, 5) is 4.32. The van der Waals surface area contributed by atoms with E-state index in [1.807, 2.05) is 0 Å². The Hall–Kier alpha value is -1.30. The normalized spacial score (nSPS) is 12.6. The Balaban J connectivity index is 2.47. The van der Waals surface area contributed by atoms with Crippen molar-refractivity contribution in [3.05, 3.63) is 34.0 Å². The number of hydrogen-bond donors (Lipinski definition) is 0. The predicted octanol–water partition coefficient (Wildman–Crippen LogP) is 3.90. The molecule has 11 heteroatoms. The minimum Gasteiger partial charge on any atom is -0.370 e. The maximum Gasteiger partial charge on any atom is 0.523 e. The maximum absolute atomic E-state index is 12.8. The molecule has 2 aromatic rings. The van der Waals surface area contributed by atoms with Gasteiger partial charge in [0.15, 0.2) is 0 Å². The van der Waals surface area contributed by atoms with Gasteiger partial charge in [0.05, 0.1) is 10.0 Å². The highest BCUT2D eigenvalue weighted by atomic mass is 32.2. The summed E-state index contributed by atoms with van der Waals surface area (Å²) in [6.07, 6.45) is -1.34. The monoisotopic (exact) mass is 414 g/mol. The van der Waals surface area contributed by atoms with Crippen LogP contribution in [0.3, 0.4) is 0 Å². The van der Waals surface area contributed by atoms with Crippen LogP contribution in [0.1, 0.15) is 15.9 Å². The first kappa shape index (κ1) is 20.0. The molecule has 0 saturated carbocycles. The molecule has 0 radical (unpaired) electrons. The van der Waals surface area contributed by atoms with E-state index >= 15 is 0 Å². The molecular formula is C14H17F3N2O3S3. The Morgan fingerprint density at radius 1 is 0.920 bits per heavy atom. The fourth-order valence-electron chi connectivity index (χ4n) is 1.86. The van der Waals surface area contributed by atoms with Gasteiger partial charge in [-0.3, -0.25) is 0 Å². The molecule has 2 aromatic heterocycles. The van der Waals surface area contributed by atoms with E-state index in [9.17, 15) is 21.6 Å². The van der Waals surface area contributed by atoms with Crippen LogP contribution in [0.5, 0.6) is 0 Å². The summed E-state index contributed by atoms with van der Waals surface area (Å²) in [6, 6.07) is 6.56. The molecule has 0 bridgehead atoms. The second-order valence-electron chi connectivity index (χ2n) is 5.52. The third kappa shape index (κ3) is 4.46. The van der Waals surface area contributed by atoms with E-state index in [1.54, 1.807) is 62.3 Å². The Kier molecular flexibility index (Phi) is 5.71. The minimum absolute atomic E-state index is 0.378. The zero-order chi connectivity index (χ0) is 19.0. The van der Waals surface area contributed by atoms with Gasteiger partial charge in [0.25, 0.3) is 0 Å². The Labute approximate surface area is 152 Å². The van der Waals surface area contributed by atoms with Gasteiger partial charge in [0.1, 0.15) is 6.10 Å². The van der Waals surface area contributed by atoms with Gasteiger partial charge in [0.2, 0.25) is 0 Å². The number of hydrogen-bond acceptors (Lipinski definition) is 7. The number of anilines is 2. The summed E-state index contributed by atoms with van der Waals surface area (Å²) >= 11 is 2.35. The molecule has 0 aliphatic carbocycles. The van der Waals surface area contributed by atoms with Crippen LogP contribution < -0.4 is 9.80 Å². The number of nitrogens with zero attached hydrogens (tertiary/aromatic N) is 2. The summed E-state index contributed by atoms with van der Waals surface area (Å²) in [5.74, 6) is 0. The van der Waals surface area contributed by atoms with Crippen molar-refractivity contribution in [3.8, 4) is 0 Å². The summed E-state index contributed by atoms with van der Waals surface area (Å²) in [5, 5.41) is 1.55. The first-order valence-corrected chi connectivity index (χ1v) is 10.00. The van der Waals surface area contributed by atoms with Crippen molar-refractivity contribution < 1.29 is 25.8 Å². The van der Waals surface area contributed by atoms with E-state index in [0.717, 1.165) is 10.0 Å². The van der Waals surface area contributed by atoms with Gasteiger partial charge >= 0.3 is 15.6 Å². The SMILES string of the molecule is CN(C)c1ccc(C(OS(=O)(=O)C(F)(F)F)c2ccc(N(C)C)s2)s1. The molecule has 140 valence electrons. The Morgan fingerprint density at radius 3 is 1.60 bits per heavy atom. The van der Waals surface area contributed by atoms with Gasteiger partial charge in [-0.2, -0.15) is 21.6 Å². The second kappa shape index (κ2) is 7.14. The van der Waals surface area contributed by atoms with E-state index in [0.29, 0.717) is 9.75 Å². The van der Waals surface area contributed by atoms with Gasteiger partial charge in [0, 0.05) is 37.9 Å². The van der Waals surface area contributed by atoms with Crippen LogP contribution in [0.2, 0.25) is 0 Å². The molecule has 0 fully saturated rings. The van der Waals surface area contributed by atoms with Gasteiger partial charge in [-0.25, -0.2) is 4.18 Å². The summed E-state index contributed by atoms with van der Waals surface area (Å²) in [7, 11) is 1.41. The minimum atomic E-state index is -5.73. The van der Waals surface area contributed by atoms with Crippen LogP contribution in [0.15, 0.2) is 24.3 Å². The lowest BCUT2D eigenvalue weighted by Crippen LogP contribution is -2.27. The first-order valence-electron chi connectivity index (χ1n) is 6.96. The lowest BCUT2D eigenvalue weighted by Gasteiger charge is -2.17. The van der Waals surface area contributed by atoms with E-state index < -0.39 is 21.7 Å². The highest BCUT2D eigenvalue weighted by Crippen LogP contribution is 2.42. The zero-order valence-electron chi connectivity index (χ0n) is 13.9. The topological polar surface area (TPSA) is 49.9 Å². The molecule has 0 aromatic carbocycles. The lowest BCUT2D eigenvalue weighted by molar-refractivity contribution is -0.0561. The molecule has 0 unspecified atom stereocenters. The van der Waals surface area contributed by atoms with Crippen LogP contribution in [0.25, 0.3) is 0 Å². The Morgan fingerprint density at radius 2 is 1.32 bits per heavy atom. The van der Waals surface area contributed by atoms with E-state index in [1.165, 1.54) is 22.7 Å². The Bertz CT molecular complexity index is 779. The smallest absolute Gasteiger partial charge is 0.370 e. The van der Waals surface area contributed by atoms with Crippen molar-refractivity contribution >= 4 is 42.8 Å². The quantitative estimate of drug-likeness (QED) is 0.530. The van der Waals surface area contributed by atoms with Gasteiger partial charge in [-0.15, -0.1) is 22.7 Å². The second-order valence-corrected chi connectivity index (χ2v) is 9.27. The zero-order valence-corrected chi connectivity index (χ0v) is 16.3. The highest BCUT2D eigenvalue weighted by Gasteiger charge is 2.49. The highest BCUT2D eigenvalue weighted by molar-refractivity contribution is 7.87. The van der Waals surface area contributed by atoms with Crippen molar-refractivity contribution in [3.63, 3.8) is 0 Å². The fourth-order valence-corrected chi connectivity index (χ4v) is 4.59. The summed E-state index contributed by atoms with van der Waals surface area (Å²) in [6.45, 7) is 0. The molecule has 0 atom stereocenters. The first-order chi connectivity index (χ1) is 11.4. The molecule has 0 N–H and O–H groups in total. The summed E-state index contributed by atoms with van der Waals surface area (Å²) in [5.41, 5.74) is -5.48. The number of rotatable bonds is 6. The van der Waals surface area contributed by atoms with Crippen molar-refractivity contribution in [1.82, 2.24) is 0 Å². The third-order valence-corrected chi connectivity index (χ3v) is 6.74. The molecule has 2 rings (SSSR count). The molecule has 0 amide bonds. The number of thiophene rings is 2. The average Bonchev–Trinajstić information content (AvgIpc) is 3.13. The van der Waals surface area contributed by atoms with E-state index in [2.05, 4.69) is 4.18 Å². The largest absolute Gasteiger partial charge is 0.523 e. The van der Waals surface area contributed by atoms with Gasteiger partial charge in [-0.1, -0.05) is 0 Å². The third-order valence-electron chi connectivity index (χ3n) is 3.13. The average molecular weight is 414 g/mol. The molecule has 2 heterocycles. The van der Waals surface area contributed by atoms with Gasteiger partial charge < -0.3 is 9.80 Å². The van der Waals surface area contributed by atoms with Crippen LogP contribution >= 0.6 is 22.7 Å². The molecule has 0 saturated heterocycles. The van der Waals surface area contributed by atoms with Crippen molar-refractivity contribution in [2.24, 2.45) is 0 Å². The van der Waals surface area contributed by atoms with Crippen LogP contribution in [-0.4, -0.2) is 42.1 Å². The van der Waals surface area contributed by atoms with Crippen LogP contribution in [-0.2, 0) is 14.3 Å². The molecule has 25 heavy (non-hydrogen) atoms. The molecule has 0 aliphatic rings. The maximum atomic E-state index is 12.8.